The van der Waals surface area contributed by atoms with Crippen LogP contribution in [0.1, 0.15) is 16.8 Å². The molecule has 1 aliphatic rings. The van der Waals surface area contributed by atoms with Crippen molar-refractivity contribution in [1.29, 1.82) is 0 Å². The number of hydrogen-bond acceptors (Lipinski definition) is 4. The Morgan fingerprint density at radius 1 is 1.13 bits per heavy atom. The Morgan fingerprint density at radius 2 is 1.97 bits per heavy atom. The molecule has 0 saturated carbocycles. The minimum Gasteiger partial charge on any atom is -0.466 e. The number of amides is 1. The van der Waals surface area contributed by atoms with E-state index in [0.717, 1.165) is 10.9 Å². The molecule has 4 aromatic rings. The number of fused-ring (bicyclic) bond motifs is 2. The summed E-state index contributed by atoms with van der Waals surface area (Å²) in [6.45, 7) is -0.273. The van der Waals surface area contributed by atoms with E-state index in [9.17, 15) is 13.6 Å². The largest absolute Gasteiger partial charge is 0.466 e. The zero-order chi connectivity index (χ0) is 21.6. The highest BCUT2D eigenvalue weighted by Gasteiger charge is 2.47. The molecule has 1 atom stereocenters. The number of aryl methyl sites for hydroxylation is 1. The van der Waals surface area contributed by atoms with Gasteiger partial charge in [-0.05, 0) is 24.3 Å². The number of ether oxygens (including phenoxy) is 1. The molecule has 8 heteroatoms. The zero-order valence-electron chi connectivity index (χ0n) is 16.8. The highest BCUT2D eigenvalue weighted by atomic mass is 19.3. The summed E-state index contributed by atoms with van der Waals surface area (Å²) < 4.78 is 36.6. The molecule has 1 unspecified atom stereocenters. The number of benzene rings is 2. The molecule has 1 aliphatic heterocycles. The minimum absolute atomic E-state index is 0.0481. The molecule has 0 N–H and O–H groups in total. The van der Waals surface area contributed by atoms with Crippen LogP contribution in [0.25, 0.3) is 21.8 Å². The van der Waals surface area contributed by atoms with E-state index in [1.807, 2.05) is 24.3 Å². The van der Waals surface area contributed by atoms with Crippen LogP contribution in [0, 0.1) is 0 Å². The first-order valence-corrected chi connectivity index (χ1v) is 10.0. The average Bonchev–Trinajstić information content (AvgIpc) is 3.15. The van der Waals surface area contributed by atoms with E-state index in [0.29, 0.717) is 16.5 Å². The zero-order valence-corrected chi connectivity index (χ0v) is 16.8. The first-order chi connectivity index (χ1) is 14.9. The van der Waals surface area contributed by atoms with Crippen LogP contribution in [0.3, 0.4) is 0 Å². The molecule has 1 amide bonds. The van der Waals surface area contributed by atoms with Gasteiger partial charge in [0, 0.05) is 36.9 Å². The number of para-hydroxylation sites is 1. The van der Waals surface area contributed by atoms with Crippen LogP contribution in [-0.4, -0.2) is 50.7 Å². The normalized spacial score (nSPS) is 18.4. The maximum Gasteiger partial charge on any atom is 0.287 e. The standard InChI is InChI=1S/C23H20F2N4O2/c1-28-19-8-4-6-16(17(19)13-26-28)22(30)29-12-11-23(24,25)20(14-29)31-21-10-9-15-5-2-3-7-18(15)27-21/h2-10,13,20H,11-12,14H2,1H3. The van der Waals surface area contributed by atoms with E-state index in [1.54, 1.807) is 48.3 Å². The molecular weight excluding hydrogens is 402 g/mol. The third-order valence-corrected chi connectivity index (χ3v) is 5.72. The lowest BCUT2D eigenvalue weighted by Crippen LogP contribution is -2.55. The monoisotopic (exact) mass is 422 g/mol. The fraction of sp³-hybridized carbons (Fsp3) is 0.261. The molecule has 3 heterocycles. The Morgan fingerprint density at radius 3 is 2.84 bits per heavy atom. The molecule has 0 radical (unpaired) electrons. The number of rotatable bonds is 3. The molecule has 2 aromatic carbocycles. The lowest BCUT2D eigenvalue weighted by atomic mass is 10.0. The molecule has 5 rings (SSSR count). The first kappa shape index (κ1) is 19.4. The third kappa shape index (κ3) is 3.48. The molecule has 6 nitrogen and oxygen atoms in total. The predicted molar refractivity (Wildman–Crippen MR) is 112 cm³/mol. The van der Waals surface area contributed by atoms with Crippen molar-refractivity contribution in [1.82, 2.24) is 19.7 Å². The van der Waals surface area contributed by atoms with Crippen LogP contribution in [0.2, 0.25) is 0 Å². The highest BCUT2D eigenvalue weighted by molar-refractivity contribution is 6.06. The maximum absolute atomic E-state index is 14.7. The number of halogens is 2. The van der Waals surface area contributed by atoms with Gasteiger partial charge in [0.2, 0.25) is 5.88 Å². The second kappa shape index (κ2) is 7.30. The van der Waals surface area contributed by atoms with Crippen molar-refractivity contribution in [2.24, 2.45) is 7.05 Å². The summed E-state index contributed by atoms with van der Waals surface area (Å²) in [5, 5.41) is 5.79. The van der Waals surface area contributed by atoms with Crippen molar-refractivity contribution >= 4 is 27.7 Å². The SMILES string of the molecule is Cn1ncc2c(C(=O)N3CCC(F)(F)C(Oc4ccc5ccccc5n4)C3)cccc21. The van der Waals surface area contributed by atoms with Crippen molar-refractivity contribution in [2.45, 2.75) is 18.4 Å². The third-order valence-electron chi connectivity index (χ3n) is 5.72. The van der Waals surface area contributed by atoms with Gasteiger partial charge in [0.25, 0.3) is 11.8 Å². The Hall–Kier alpha value is -3.55. The summed E-state index contributed by atoms with van der Waals surface area (Å²) >= 11 is 0. The second-order valence-corrected chi connectivity index (χ2v) is 7.72. The van der Waals surface area contributed by atoms with Crippen molar-refractivity contribution in [2.75, 3.05) is 13.1 Å². The second-order valence-electron chi connectivity index (χ2n) is 7.72. The van der Waals surface area contributed by atoms with Gasteiger partial charge in [0.1, 0.15) is 0 Å². The molecule has 0 spiro atoms. The number of pyridine rings is 1. The van der Waals surface area contributed by atoms with Gasteiger partial charge < -0.3 is 9.64 Å². The van der Waals surface area contributed by atoms with Crippen LogP contribution in [-0.2, 0) is 7.05 Å². The van der Waals surface area contributed by atoms with Gasteiger partial charge in [0.05, 0.1) is 29.3 Å². The van der Waals surface area contributed by atoms with Gasteiger partial charge in [-0.1, -0.05) is 24.3 Å². The maximum atomic E-state index is 14.7. The fourth-order valence-corrected chi connectivity index (χ4v) is 3.97. The van der Waals surface area contributed by atoms with E-state index in [2.05, 4.69) is 10.1 Å². The number of likely N-dealkylation sites (tertiary alicyclic amines) is 1. The van der Waals surface area contributed by atoms with E-state index >= 15 is 0 Å². The summed E-state index contributed by atoms with van der Waals surface area (Å²) in [6.07, 6.45) is -0.333. The van der Waals surface area contributed by atoms with Gasteiger partial charge in [0.15, 0.2) is 6.10 Å². The van der Waals surface area contributed by atoms with Crippen LogP contribution in [0.4, 0.5) is 8.78 Å². The predicted octanol–water partition coefficient (Wildman–Crippen LogP) is 4.05. The quantitative estimate of drug-likeness (QED) is 0.500. The summed E-state index contributed by atoms with van der Waals surface area (Å²) in [5.41, 5.74) is 1.91. The van der Waals surface area contributed by atoms with Gasteiger partial charge in [-0.2, -0.15) is 5.10 Å². The molecule has 0 bridgehead atoms. The van der Waals surface area contributed by atoms with Gasteiger partial charge in [-0.25, -0.2) is 13.8 Å². The van der Waals surface area contributed by atoms with E-state index < -0.39 is 18.4 Å². The minimum atomic E-state index is -3.07. The fourth-order valence-electron chi connectivity index (χ4n) is 3.97. The first-order valence-electron chi connectivity index (χ1n) is 10.0. The van der Waals surface area contributed by atoms with Crippen molar-refractivity contribution in [3.63, 3.8) is 0 Å². The Kier molecular flexibility index (Phi) is 4.57. The smallest absolute Gasteiger partial charge is 0.287 e. The molecule has 158 valence electrons. The molecule has 0 aliphatic carbocycles. The number of carbonyl (C=O) groups is 1. The van der Waals surface area contributed by atoms with Crippen LogP contribution >= 0.6 is 0 Å². The van der Waals surface area contributed by atoms with Gasteiger partial charge in [-0.3, -0.25) is 9.48 Å². The summed E-state index contributed by atoms with van der Waals surface area (Å²) in [5.74, 6) is -3.26. The lowest BCUT2D eigenvalue weighted by Gasteiger charge is -2.38. The lowest BCUT2D eigenvalue weighted by molar-refractivity contribution is -0.131. The van der Waals surface area contributed by atoms with Gasteiger partial charge in [-0.15, -0.1) is 0 Å². The van der Waals surface area contributed by atoms with Crippen LogP contribution in [0.5, 0.6) is 5.88 Å². The van der Waals surface area contributed by atoms with E-state index in [1.165, 1.54) is 4.90 Å². The molecule has 1 fully saturated rings. The van der Waals surface area contributed by atoms with Crippen LogP contribution in [0.15, 0.2) is 60.8 Å². The van der Waals surface area contributed by atoms with Crippen molar-refractivity contribution in [3.05, 3.63) is 66.4 Å². The van der Waals surface area contributed by atoms with Crippen molar-refractivity contribution in [3.8, 4) is 5.88 Å². The molecular formula is C23H20F2N4O2. The Bertz CT molecular complexity index is 1290. The summed E-state index contributed by atoms with van der Waals surface area (Å²) in [6, 6.07) is 16.1. The summed E-state index contributed by atoms with van der Waals surface area (Å²) in [4.78, 5) is 18.9. The Balaban J connectivity index is 1.41. The number of aromatic nitrogens is 3. The van der Waals surface area contributed by atoms with E-state index in [-0.39, 0.29) is 24.9 Å². The highest BCUT2D eigenvalue weighted by Crippen LogP contribution is 2.33. The molecule has 31 heavy (non-hydrogen) atoms. The average molecular weight is 422 g/mol. The molecule has 1 saturated heterocycles. The number of hydrogen-bond donors (Lipinski definition) is 0. The Labute approximate surface area is 177 Å². The number of carbonyl (C=O) groups excluding carboxylic acids is 1. The topological polar surface area (TPSA) is 60.2 Å². The van der Waals surface area contributed by atoms with Crippen molar-refractivity contribution < 1.29 is 18.3 Å². The van der Waals surface area contributed by atoms with Gasteiger partial charge >= 0.3 is 0 Å². The number of nitrogens with zero attached hydrogens (tertiary/aromatic N) is 4. The van der Waals surface area contributed by atoms with Crippen LogP contribution < -0.4 is 4.74 Å². The molecule has 2 aromatic heterocycles. The number of piperidine rings is 1. The summed E-state index contributed by atoms with van der Waals surface area (Å²) in [7, 11) is 1.79. The van der Waals surface area contributed by atoms with E-state index in [4.69, 9.17) is 4.74 Å². The number of alkyl halides is 2.